The fraction of sp³-hybridized carbons (Fsp3) is 0.0870. The van der Waals surface area contributed by atoms with E-state index in [0.717, 1.165) is 11.1 Å². The van der Waals surface area contributed by atoms with Crippen molar-refractivity contribution in [1.82, 2.24) is 14.9 Å². The topological polar surface area (TPSA) is 71.8 Å². The minimum absolute atomic E-state index is 0.130. The number of nitrogens with zero attached hydrogens (tertiary/aromatic N) is 3. The van der Waals surface area contributed by atoms with Crippen LogP contribution in [0.1, 0.15) is 11.6 Å². The summed E-state index contributed by atoms with van der Waals surface area (Å²) in [6.07, 6.45) is 0. The van der Waals surface area contributed by atoms with Crippen molar-refractivity contribution in [1.29, 1.82) is 0 Å². The molecule has 4 aromatic rings. The fourth-order valence-corrected chi connectivity index (χ4v) is 4.72. The van der Waals surface area contributed by atoms with E-state index in [9.17, 15) is 9.18 Å². The van der Waals surface area contributed by atoms with E-state index in [2.05, 4.69) is 20.9 Å². The Hall–Kier alpha value is -3.36. The molecular formula is C23H17ClFN5OS. The van der Waals surface area contributed by atoms with Crippen molar-refractivity contribution in [2.45, 2.75) is 16.4 Å². The van der Waals surface area contributed by atoms with E-state index in [4.69, 9.17) is 11.6 Å². The second kappa shape index (κ2) is 8.64. The number of amides is 1. The van der Waals surface area contributed by atoms with Gasteiger partial charge >= 0.3 is 0 Å². The molecule has 1 amide bonds. The van der Waals surface area contributed by atoms with Crippen molar-refractivity contribution in [3.63, 3.8) is 0 Å². The van der Waals surface area contributed by atoms with Gasteiger partial charge in [-0.15, -0.1) is 10.2 Å². The molecule has 9 heteroatoms. The van der Waals surface area contributed by atoms with Crippen LogP contribution in [0.4, 0.5) is 10.1 Å². The van der Waals surface area contributed by atoms with E-state index in [1.807, 2.05) is 42.5 Å². The van der Waals surface area contributed by atoms with Gasteiger partial charge in [0.2, 0.25) is 11.1 Å². The zero-order valence-corrected chi connectivity index (χ0v) is 18.1. The second-order valence-corrected chi connectivity index (χ2v) is 8.72. The third-order valence-corrected chi connectivity index (χ3v) is 6.56. The Morgan fingerprint density at radius 3 is 2.47 bits per heavy atom. The molecule has 160 valence electrons. The average Bonchev–Trinajstić information content (AvgIpc) is 3.24. The molecule has 1 aromatic heterocycles. The molecule has 2 N–H and O–H groups in total. The van der Waals surface area contributed by atoms with Gasteiger partial charge in [0.1, 0.15) is 11.1 Å². The van der Waals surface area contributed by atoms with Crippen molar-refractivity contribution >= 4 is 35.0 Å². The number of nitrogens with one attached hydrogen (secondary N) is 2. The number of halogens is 2. The zero-order chi connectivity index (χ0) is 22.1. The molecule has 1 aliphatic rings. The Morgan fingerprint density at radius 1 is 1.00 bits per heavy atom. The van der Waals surface area contributed by atoms with Gasteiger partial charge in [0.25, 0.3) is 0 Å². The Balaban J connectivity index is 1.52. The summed E-state index contributed by atoms with van der Waals surface area (Å²) in [5, 5.41) is 11.8. The summed E-state index contributed by atoms with van der Waals surface area (Å²) in [5.41, 5.74) is 5.26. The van der Waals surface area contributed by atoms with Gasteiger partial charge < -0.3 is 10.7 Å². The summed E-state index contributed by atoms with van der Waals surface area (Å²) >= 11 is 7.34. The minimum atomic E-state index is -0.629. The smallest absolute Gasteiger partial charge is 0.240 e. The molecular weight excluding hydrogens is 449 g/mol. The number of fused-ring (bicyclic) bond motifs is 1. The lowest BCUT2D eigenvalue weighted by Gasteiger charge is -2.33. The van der Waals surface area contributed by atoms with E-state index in [-0.39, 0.29) is 11.6 Å². The number of para-hydroxylation sites is 1. The molecule has 0 spiro atoms. The number of hydrogen-bond acceptors (Lipinski definition) is 5. The van der Waals surface area contributed by atoms with Crippen molar-refractivity contribution in [3.8, 4) is 11.4 Å². The molecule has 3 aromatic carbocycles. The molecule has 0 unspecified atom stereocenters. The van der Waals surface area contributed by atoms with Gasteiger partial charge in [-0.1, -0.05) is 78.0 Å². The van der Waals surface area contributed by atoms with Gasteiger partial charge in [-0.05, 0) is 29.8 Å². The van der Waals surface area contributed by atoms with E-state index in [0.29, 0.717) is 16.0 Å². The highest BCUT2D eigenvalue weighted by Crippen LogP contribution is 2.39. The van der Waals surface area contributed by atoms with Crippen LogP contribution in [0.15, 0.2) is 84.0 Å². The summed E-state index contributed by atoms with van der Waals surface area (Å²) in [5.74, 6) is -0.199. The number of rotatable bonds is 4. The standard InChI is InChI=1S/C23H17ClFN5OS/c24-16-12-10-14(11-13-16)19-20(22(31)26-18-9-5-4-8-17(18)25)32-23-28-27-21(30(23)29-19)15-6-2-1-3-7-15/h1-13,19-20,29H,(H,26,31)/t19-,20+/m1/s1. The van der Waals surface area contributed by atoms with E-state index < -0.39 is 17.1 Å². The molecule has 0 bridgehead atoms. The van der Waals surface area contributed by atoms with Crippen LogP contribution in [0.25, 0.3) is 11.4 Å². The van der Waals surface area contributed by atoms with Gasteiger partial charge in [0, 0.05) is 10.6 Å². The van der Waals surface area contributed by atoms with E-state index in [1.54, 1.807) is 28.9 Å². The van der Waals surface area contributed by atoms with Crippen LogP contribution in [0.2, 0.25) is 5.02 Å². The van der Waals surface area contributed by atoms with Crippen LogP contribution in [0.5, 0.6) is 0 Å². The molecule has 0 aliphatic carbocycles. The Kier molecular flexibility index (Phi) is 5.55. The van der Waals surface area contributed by atoms with Crippen LogP contribution in [-0.4, -0.2) is 26.0 Å². The first kappa shape index (κ1) is 20.5. The molecule has 1 aliphatic heterocycles. The Bertz CT molecular complexity index is 1270. The van der Waals surface area contributed by atoms with Gasteiger partial charge in [-0.3, -0.25) is 4.79 Å². The van der Waals surface area contributed by atoms with Crippen LogP contribution in [0.3, 0.4) is 0 Å². The number of carbonyl (C=O) groups is 1. The first-order chi connectivity index (χ1) is 15.6. The van der Waals surface area contributed by atoms with E-state index in [1.165, 1.54) is 23.9 Å². The van der Waals surface area contributed by atoms with Crippen LogP contribution in [0, 0.1) is 5.82 Å². The largest absolute Gasteiger partial charge is 0.323 e. The summed E-state index contributed by atoms with van der Waals surface area (Å²) in [6, 6.07) is 22.6. The highest BCUT2D eigenvalue weighted by molar-refractivity contribution is 8.00. The maximum atomic E-state index is 14.1. The first-order valence-corrected chi connectivity index (χ1v) is 11.1. The summed E-state index contributed by atoms with van der Waals surface area (Å²) in [7, 11) is 0. The zero-order valence-electron chi connectivity index (χ0n) is 16.6. The lowest BCUT2D eigenvalue weighted by atomic mass is 10.0. The maximum Gasteiger partial charge on any atom is 0.240 e. The number of hydrogen-bond donors (Lipinski definition) is 2. The van der Waals surface area contributed by atoms with Crippen molar-refractivity contribution < 1.29 is 9.18 Å². The molecule has 2 atom stereocenters. The number of aromatic nitrogens is 3. The third-order valence-electron chi connectivity index (χ3n) is 5.09. The SMILES string of the molecule is O=C(Nc1ccccc1F)[C@H]1Sc2nnc(-c3ccccc3)n2N[C@@H]1c1ccc(Cl)cc1. The molecule has 0 radical (unpaired) electrons. The second-order valence-electron chi connectivity index (χ2n) is 7.17. The van der Waals surface area contributed by atoms with Crippen LogP contribution in [-0.2, 0) is 4.79 Å². The number of anilines is 1. The lowest BCUT2D eigenvalue weighted by molar-refractivity contribution is -0.116. The molecule has 5 rings (SSSR count). The van der Waals surface area contributed by atoms with Crippen molar-refractivity contribution in [2.75, 3.05) is 10.7 Å². The fourth-order valence-electron chi connectivity index (χ4n) is 3.52. The average molecular weight is 466 g/mol. The number of carbonyl (C=O) groups excluding carboxylic acids is 1. The highest BCUT2D eigenvalue weighted by atomic mass is 35.5. The molecule has 0 saturated heterocycles. The number of benzene rings is 3. The Labute approximate surface area is 192 Å². The summed E-state index contributed by atoms with van der Waals surface area (Å²) < 4.78 is 15.9. The minimum Gasteiger partial charge on any atom is -0.323 e. The first-order valence-electron chi connectivity index (χ1n) is 9.85. The van der Waals surface area contributed by atoms with Gasteiger partial charge in [0.05, 0.1) is 11.7 Å². The normalized spacial score (nSPS) is 17.3. The quantitative estimate of drug-likeness (QED) is 0.437. The van der Waals surface area contributed by atoms with Gasteiger partial charge in [-0.2, -0.15) is 0 Å². The summed E-state index contributed by atoms with van der Waals surface area (Å²) in [6.45, 7) is 0. The van der Waals surface area contributed by atoms with E-state index >= 15 is 0 Å². The van der Waals surface area contributed by atoms with Gasteiger partial charge in [0.15, 0.2) is 5.82 Å². The predicted molar refractivity (Wildman–Crippen MR) is 124 cm³/mol. The van der Waals surface area contributed by atoms with Crippen LogP contribution < -0.4 is 10.7 Å². The molecule has 6 nitrogen and oxygen atoms in total. The molecule has 2 heterocycles. The molecule has 32 heavy (non-hydrogen) atoms. The lowest BCUT2D eigenvalue weighted by Crippen LogP contribution is -2.41. The Morgan fingerprint density at radius 2 is 1.72 bits per heavy atom. The highest BCUT2D eigenvalue weighted by Gasteiger charge is 2.38. The van der Waals surface area contributed by atoms with Crippen molar-refractivity contribution in [2.24, 2.45) is 0 Å². The summed E-state index contributed by atoms with van der Waals surface area (Å²) in [4.78, 5) is 13.2. The molecule has 0 fully saturated rings. The van der Waals surface area contributed by atoms with Crippen molar-refractivity contribution in [3.05, 3.63) is 95.3 Å². The number of thioether (sulfide) groups is 1. The van der Waals surface area contributed by atoms with Crippen LogP contribution >= 0.6 is 23.4 Å². The maximum absolute atomic E-state index is 14.1. The monoisotopic (exact) mass is 465 g/mol. The molecule has 0 saturated carbocycles. The van der Waals surface area contributed by atoms with Gasteiger partial charge in [-0.25, -0.2) is 9.07 Å². The predicted octanol–water partition coefficient (Wildman–Crippen LogP) is 5.14. The third kappa shape index (κ3) is 3.94.